The van der Waals surface area contributed by atoms with Crippen molar-refractivity contribution in [3.8, 4) is 22.9 Å². The predicted molar refractivity (Wildman–Crippen MR) is 110 cm³/mol. The summed E-state index contributed by atoms with van der Waals surface area (Å²) in [5.74, 6) is -6.39. The fraction of sp³-hybridized carbons (Fsp3) is 0.190. The lowest BCUT2D eigenvalue weighted by molar-refractivity contribution is -0.282. The van der Waals surface area contributed by atoms with E-state index in [2.05, 4.69) is 20.2 Å². The minimum Gasteiger partial charge on any atom is -0.368 e. The van der Waals surface area contributed by atoms with Gasteiger partial charge in [-0.2, -0.15) is 18.3 Å². The van der Waals surface area contributed by atoms with E-state index in [9.17, 15) is 40.6 Å². The number of aromatic nitrogens is 5. The van der Waals surface area contributed by atoms with E-state index in [1.54, 1.807) is 6.07 Å². The molecule has 37 heavy (non-hydrogen) atoms. The third kappa shape index (κ3) is 4.87. The third-order valence-electron chi connectivity index (χ3n) is 5.06. The van der Waals surface area contributed by atoms with Gasteiger partial charge in [-0.25, -0.2) is 27.5 Å². The largest absolute Gasteiger partial charge is 0.432 e. The Hall–Kier alpha value is -4.34. The highest BCUT2D eigenvalue weighted by Gasteiger charge is 2.66. The minimum absolute atomic E-state index is 0.132. The molecule has 0 aliphatic rings. The van der Waals surface area contributed by atoms with Crippen molar-refractivity contribution in [2.45, 2.75) is 24.7 Å². The number of anilines is 1. The Kier molecular flexibility index (Phi) is 6.68. The van der Waals surface area contributed by atoms with Crippen LogP contribution in [0.3, 0.4) is 0 Å². The third-order valence-corrected chi connectivity index (χ3v) is 5.06. The first-order valence-corrected chi connectivity index (χ1v) is 10.1. The molecule has 16 heteroatoms. The van der Waals surface area contributed by atoms with Crippen LogP contribution >= 0.6 is 0 Å². The van der Waals surface area contributed by atoms with Gasteiger partial charge in [0.1, 0.15) is 23.5 Å². The van der Waals surface area contributed by atoms with Crippen LogP contribution in [-0.4, -0.2) is 54.1 Å². The Bertz CT molecular complexity index is 1420. The molecule has 0 bridgehead atoms. The van der Waals surface area contributed by atoms with E-state index in [0.29, 0.717) is 6.20 Å². The smallest absolute Gasteiger partial charge is 0.368 e. The van der Waals surface area contributed by atoms with E-state index >= 15 is 0 Å². The van der Waals surface area contributed by atoms with Crippen molar-refractivity contribution in [1.29, 1.82) is 0 Å². The Morgan fingerprint density at radius 2 is 1.84 bits per heavy atom. The summed E-state index contributed by atoms with van der Waals surface area (Å²) in [6.07, 6.45) is -8.99. The number of benzene rings is 1. The fourth-order valence-electron chi connectivity index (χ4n) is 3.12. The van der Waals surface area contributed by atoms with E-state index in [1.165, 1.54) is 46.6 Å². The number of hydrogen-bond donors (Lipinski definition) is 2. The van der Waals surface area contributed by atoms with E-state index in [-0.39, 0.29) is 29.2 Å². The molecule has 2 N–H and O–H groups in total. The number of carbonyl (C=O) groups is 1. The number of hydrogen-bond acceptors (Lipinski definition) is 7. The maximum atomic E-state index is 14.2. The molecule has 4 aromatic rings. The summed E-state index contributed by atoms with van der Waals surface area (Å²) in [5, 5.41) is 18.5. The molecule has 194 valence electrons. The average Bonchev–Trinajstić information content (AvgIpc) is 3.50. The molecule has 0 saturated carbocycles. The van der Waals surface area contributed by atoms with Gasteiger partial charge < -0.3 is 14.9 Å². The highest BCUT2D eigenvalue weighted by Crippen LogP contribution is 2.36. The lowest BCUT2D eigenvalue weighted by atomic mass is 10.0. The van der Waals surface area contributed by atoms with Crippen LogP contribution < -0.4 is 5.32 Å². The number of rotatable bonds is 7. The van der Waals surface area contributed by atoms with Crippen LogP contribution in [0.1, 0.15) is 5.56 Å². The Balaban J connectivity index is 1.72. The lowest BCUT2D eigenvalue weighted by Gasteiger charge is -2.27. The van der Waals surface area contributed by atoms with Gasteiger partial charge in [-0.15, -0.1) is 0 Å². The molecule has 3 heterocycles. The molecule has 0 aliphatic heterocycles. The number of carbonyl (C=O) groups excluding carboxylic acids is 1. The van der Waals surface area contributed by atoms with Crippen molar-refractivity contribution in [3.63, 3.8) is 0 Å². The van der Waals surface area contributed by atoms with Gasteiger partial charge in [0.2, 0.25) is 0 Å². The number of alkyl halides is 5. The molecule has 1 aromatic carbocycles. The molecule has 1 atom stereocenters. The highest BCUT2D eigenvalue weighted by atomic mass is 19.4. The molecule has 4 rings (SSSR count). The van der Waals surface area contributed by atoms with Crippen LogP contribution in [-0.2, 0) is 11.3 Å². The number of nitrogens with one attached hydrogen (secondary N) is 1. The second kappa shape index (κ2) is 9.61. The quantitative estimate of drug-likeness (QED) is 0.349. The maximum absolute atomic E-state index is 14.2. The lowest BCUT2D eigenvalue weighted by Crippen LogP contribution is -2.59. The van der Waals surface area contributed by atoms with E-state index in [1.807, 2.05) is 0 Å². The fourth-order valence-corrected chi connectivity index (χ4v) is 3.12. The summed E-state index contributed by atoms with van der Waals surface area (Å²) in [6.45, 7) is -0.132. The van der Waals surface area contributed by atoms with Gasteiger partial charge in [0.05, 0.1) is 18.4 Å². The molecule has 0 radical (unpaired) electrons. The summed E-state index contributed by atoms with van der Waals surface area (Å²) in [6, 6.07) is 8.51. The molecule has 0 spiro atoms. The summed E-state index contributed by atoms with van der Waals surface area (Å²) in [4.78, 5) is 19.1. The Morgan fingerprint density at radius 3 is 2.46 bits per heavy atom. The van der Waals surface area contributed by atoms with Gasteiger partial charge in [0.25, 0.3) is 12.3 Å². The monoisotopic (exact) mass is 530 g/mol. The van der Waals surface area contributed by atoms with E-state index < -0.39 is 47.4 Å². The van der Waals surface area contributed by atoms with Crippen molar-refractivity contribution in [2.24, 2.45) is 0 Å². The second-order valence-corrected chi connectivity index (χ2v) is 7.46. The van der Waals surface area contributed by atoms with Crippen LogP contribution in [0.5, 0.6) is 0 Å². The summed E-state index contributed by atoms with van der Waals surface area (Å²) < 4.78 is 99.3. The first-order chi connectivity index (χ1) is 17.4. The highest BCUT2D eigenvalue weighted by molar-refractivity contribution is 5.97. The second-order valence-electron chi connectivity index (χ2n) is 7.46. The maximum Gasteiger partial charge on any atom is 0.432 e. The molecule has 1 unspecified atom stereocenters. The van der Waals surface area contributed by atoms with Gasteiger partial charge in [-0.05, 0) is 12.1 Å². The number of nitrogens with zero attached hydrogens (tertiary/aromatic N) is 5. The SMILES string of the molecule is O=C(Nc1nc(-c2cc(-c3ccon3)n(Cc3ccccc3F)n2)ncc1F)C(O)(C(F)F)C(F)(F)F. The molecule has 0 aliphatic carbocycles. The van der Waals surface area contributed by atoms with Crippen LogP contribution in [0.25, 0.3) is 22.9 Å². The van der Waals surface area contributed by atoms with Crippen molar-refractivity contribution in [2.75, 3.05) is 5.32 Å². The zero-order valence-corrected chi connectivity index (χ0v) is 18.0. The molecule has 3 aromatic heterocycles. The summed E-state index contributed by atoms with van der Waals surface area (Å²) in [7, 11) is 0. The van der Waals surface area contributed by atoms with Gasteiger partial charge >= 0.3 is 11.8 Å². The topological polar surface area (TPSA) is 119 Å². The van der Waals surface area contributed by atoms with Gasteiger partial charge in [-0.3, -0.25) is 9.48 Å². The number of aliphatic hydroxyl groups is 1. The number of amides is 1. The number of halogens is 7. The van der Waals surface area contributed by atoms with Gasteiger partial charge in [0, 0.05) is 11.6 Å². The first kappa shape index (κ1) is 25.7. The molecular weight excluding hydrogens is 517 g/mol. The molecule has 9 nitrogen and oxygen atoms in total. The summed E-state index contributed by atoms with van der Waals surface area (Å²) >= 11 is 0. The normalized spacial score (nSPS) is 13.5. The van der Waals surface area contributed by atoms with Gasteiger partial charge in [0.15, 0.2) is 17.5 Å². The zero-order valence-electron chi connectivity index (χ0n) is 18.0. The first-order valence-electron chi connectivity index (χ1n) is 10.1. The summed E-state index contributed by atoms with van der Waals surface area (Å²) in [5.41, 5.74) is -4.57. The molecular formula is C21H13F7N6O3. The van der Waals surface area contributed by atoms with Crippen molar-refractivity contribution >= 4 is 11.7 Å². The Morgan fingerprint density at radius 1 is 1.11 bits per heavy atom. The van der Waals surface area contributed by atoms with Crippen LogP contribution in [0, 0.1) is 11.6 Å². The zero-order chi connectivity index (χ0) is 27.0. The van der Waals surface area contributed by atoms with E-state index in [4.69, 9.17) is 4.52 Å². The predicted octanol–water partition coefficient (Wildman–Crippen LogP) is 3.82. The Labute approximate surface area is 201 Å². The van der Waals surface area contributed by atoms with Crippen molar-refractivity contribution in [3.05, 3.63) is 66.1 Å². The van der Waals surface area contributed by atoms with Crippen LogP contribution in [0.4, 0.5) is 36.6 Å². The standard InChI is InChI=1S/C21H13F7N6O3/c22-11-4-2-1-3-10(11)9-34-15(13-5-6-37-33-13)7-14(32-34)17-29-8-12(23)16(30-17)31-19(35)20(36,18(24)25)21(26,27)28/h1-8,18,36H,9H2,(H,29,30,31,35). The van der Waals surface area contributed by atoms with E-state index in [0.717, 1.165) is 0 Å². The minimum atomic E-state index is -6.09. The van der Waals surface area contributed by atoms with Crippen LogP contribution in [0.2, 0.25) is 0 Å². The van der Waals surface area contributed by atoms with Crippen molar-refractivity contribution < 1.29 is 45.2 Å². The molecule has 1 amide bonds. The van der Waals surface area contributed by atoms with Gasteiger partial charge in [-0.1, -0.05) is 23.4 Å². The molecule has 0 saturated heterocycles. The van der Waals surface area contributed by atoms with Crippen molar-refractivity contribution in [1.82, 2.24) is 24.9 Å². The average molecular weight is 530 g/mol. The molecule has 0 fully saturated rings. The van der Waals surface area contributed by atoms with Crippen LogP contribution in [0.15, 0.2) is 53.4 Å².